The van der Waals surface area contributed by atoms with Crippen molar-refractivity contribution in [3.8, 4) is 5.75 Å². The lowest BCUT2D eigenvalue weighted by Gasteiger charge is -2.01. The minimum Gasteiger partial charge on any atom is -0.508 e. The predicted molar refractivity (Wildman–Crippen MR) is 55.5 cm³/mol. The van der Waals surface area contributed by atoms with Crippen LogP contribution < -0.4 is 5.73 Å². The summed E-state index contributed by atoms with van der Waals surface area (Å²) in [7, 11) is 0. The molecule has 2 nitrogen and oxygen atoms in total. The number of aromatic hydroxyl groups is 1. The van der Waals surface area contributed by atoms with Crippen LogP contribution in [-0.4, -0.2) is 11.7 Å². The standard InChI is InChI=1S/C11H15NO/c1-9-10(5-2-3-8-12)6-4-7-11(9)13/h2,4-7,13H,3,8,12H2,1H3. The first-order chi connectivity index (χ1) is 6.25. The maximum Gasteiger partial charge on any atom is 0.119 e. The molecule has 2 heteroatoms. The number of nitrogens with two attached hydrogens (primary N) is 1. The van der Waals surface area contributed by atoms with E-state index in [0.717, 1.165) is 17.5 Å². The number of phenolic OH excluding ortho intramolecular Hbond substituents is 1. The van der Waals surface area contributed by atoms with Gasteiger partial charge in [-0.3, -0.25) is 0 Å². The maximum absolute atomic E-state index is 9.40. The van der Waals surface area contributed by atoms with Crippen molar-refractivity contribution in [3.05, 3.63) is 35.4 Å². The van der Waals surface area contributed by atoms with Gasteiger partial charge in [0.05, 0.1) is 0 Å². The molecule has 0 aliphatic rings. The summed E-state index contributed by atoms with van der Waals surface area (Å²) in [4.78, 5) is 0. The van der Waals surface area contributed by atoms with Gasteiger partial charge in [-0.2, -0.15) is 0 Å². The molecule has 0 spiro atoms. The Bertz CT molecular complexity index is 305. The van der Waals surface area contributed by atoms with Crippen LogP contribution in [0, 0.1) is 6.92 Å². The van der Waals surface area contributed by atoms with E-state index < -0.39 is 0 Å². The smallest absolute Gasteiger partial charge is 0.119 e. The summed E-state index contributed by atoms with van der Waals surface area (Å²) in [6.07, 6.45) is 4.87. The zero-order valence-corrected chi connectivity index (χ0v) is 7.83. The molecule has 0 amide bonds. The largest absolute Gasteiger partial charge is 0.508 e. The van der Waals surface area contributed by atoms with Crippen molar-refractivity contribution in [3.63, 3.8) is 0 Å². The van der Waals surface area contributed by atoms with Crippen LogP contribution in [0.5, 0.6) is 5.75 Å². The minimum absolute atomic E-state index is 0.342. The van der Waals surface area contributed by atoms with E-state index >= 15 is 0 Å². The number of phenols is 1. The molecule has 0 atom stereocenters. The Morgan fingerprint density at radius 3 is 2.92 bits per heavy atom. The van der Waals surface area contributed by atoms with Crippen LogP contribution in [0.4, 0.5) is 0 Å². The van der Waals surface area contributed by atoms with Crippen molar-refractivity contribution < 1.29 is 5.11 Å². The summed E-state index contributed by atoms with van der Waals surface area (Å²) >= 11 is 0. The number of hydrogen-bond donors (Lipinski definition) is 2. The Hall–Kier alpha value is -1.28. The van der Waals surface area contributed by atoms with Crippen molar-refractivity contribution in [2.45, 2.75) is 13.3 Å². The quantitative estimate of drug-likeness (QED) is 0.742. The van der Waals surface area contributed by atoms with Gasteiger partial charge in [0.15, 0.2) is 0 Å². The molecule has 0 unspecified atom stereocenters. The second-order valence-electron chi connectivity index (χ2n) is 2.97. The SMILES string of the molecule is Cc1c(O)cccc1C=CCCN. The predicted octanol–water partition coefficient (Wildman–Crippen LogP) is 2.06. The summed E-state index contributed by atoms with van der Waals surface area (Å²) in [5.41, 5.74) is 7.32. The van der Waals surface area contributed by atoms with Gasteiger partial charge in [0.25, 0.3) is 0 Å². The molecular formula is C11H15NO. The molecular weight excluding hydrogens is 162 g/mol. The minimum atomic E-state index is 0.342. The van der Waals surface area contributed by atoms with E-state index in [1.807, 2.05) is 31.2 Å². The first-order valence-electron chi connectivity index (χ1n) is 4.41. The van der Waals surface area contributed by atoms with Crippen molar-refractivity contribution in [2.24, 2.45) is 5.73 Å². The molecule has 3 N–H and O–H groups in total. The van der Waals surface area contributed by atoms with Crippen LogP contribution in [0.3, 0.4) is 0 Å². The fourth-order valence-corrected chi connectivity index (χ4v) is 1.13. The Labute approximate surface area is 78.7 Å². The van der Waals surface area contributed by atoms with Crippen molar-refractivity contribution >= 4 is 6.08 Å². The molecule has 1 aromatic carbocycles. The zero-order valence-electron chi connectivity index (χ0n) is 7.83. The van der Waals surface area contributed by atoms with Gasteiger partial charge in [0.2, 0.25) is 0 Å². The molecule has 13 heavy (non-hydrogen) atoms. The molecule has 0 saturated carbocycles. The van der Waals surface area contributed by atoms with E-state index in [1.165, 1.54) is 0 Å². The van der Waals surface area contributed by atoms with Crippen LogP contribution in [-0.2, 0) is 0 Å². The van der Waals surface area contributed by atoms with Gasteiger partial charge in [-0.1, -0.05) is 24.3 Å². The third-order valence-electron chi connectivity index (χ3n) is 1.98. The molecule has 0 bridgehead atoms. The van der Waals surface area contributed by atoms with Crippen LogP contribution in [0.25, 0.3) is 6.08 Å². The fraction of sp³-hybridized carbons (Fsp3) is 0.273. The van der Waals surface area contributed by atoms with Gasteiger partial charge >= 0.3 is 0 Å². The van der Waals surface area contributed by atoms with E-state index in [4.69, 9.17) is 5.73 Å². The Morgan fingerprint density at radius 1 is 1.46 bits per heavy atom. The average Bonchev–Trinajstić information content (AvgIpc) is 2.13. The summed E-state index contributed by atoms with van der Waals surface area (Å²) < 4.78 is 0. The van der Waals surface area contributed by atoms with Gasteiger partial charge in [-0.25, -0.2) is 0 Å². The zero-order chi connectivity index (χ0) is 9.68. The first-order valence-corrected chi connectivity index (χ1v) is 4.41. The molecule has 70 valence electrons. The number of rotatable bonds is 3. The molecule has 1 aromatic rings. The average molecular weight is 177 g/mol. The highest BCUT2D eigenvalue weighted by Crippen LogP contribution is 2.20. The third kappa shape index (κ3) is 2.60. The monoisotopic (exact) mass is 177 g/mol. The van der Waals surface area contributed by atoms with E-state index in [9.17, 15) is 5.11 Å². The van der Waals surface area contributed by atoms with Crippen LogP contribution >= 0.6 is 0 Å². The second kappa shape index (κ2) is 4.67. The molecule has 0 radical (unpaired) electrons. The summed E-state index contributed by atoms with van der Waals surface area (Å²) in [5.74, 6) is 0.342. The van der Waals surface area contributed by atoms with Gasteiger partial charge in [-0.05, 0) is 37.1 Å². The highest BCUT2D eigenvalue weighted by Gasteiger charge is 1.97. The number of benzene rings is 1. The lowest BCUT2D eigenvalue weighted by Crippen LogP contribution is -1.95. The Morgan fingerprint density at radius 2 is 2.23 bits per heavy atom. The molecule has 0 aliphatic heterocycles. The van der Waals surface area contributed by atoms with E-state index in [2.05, 4.69) is 0 Å². The van der Waals surface area contributed by atoms with Crippen molar-refractivity contribution in [1.82, 2.24) is 0 Å². The Balaban J connectivity index is 2.83. The summed E-state index contributed by atoms with van der Waals surface area (Å²) in [5, 5.41) is 9.40. The van der Waals surface area contributed by atoms with Gasteiger partial charge < -0.3 is 10.8 Å². The molecule has 0 saturated heterocycles. The highest BCUT2D eigenvalue weighted by molar-refractivity contribution is 5.57. The van der Waals surface area contributed by atoms with Crippen LogP contribution in [0.15, 0.2) is 24.3 Å². The third-order valence-corrected chi connectivity index (χ3v) is 1.98. The lowest BCUT2D eigenvalue weighted by atomic mass is 10.1. The molecule has 0 aliphatic carbocycles. The molecule has 1 rings (SSSR count). The van der Waals surface area contributed by atoms with Gasteiger partial charge in [0, 0.05) is 0 Å². The molecule has 0 aromatic heterocycles. The fourth-order valence-electron chi connectivity index (χ4n) is 1.13. The second-order valence-corrected chi connectivity index (χ2v) is 2.97. The molecule has 0 heterocycles. The first kappa shape index (κ1) is 9.81. The Kier molecular flexibility index (Phi) is 3.53. The highest BCUT2D eigenvalue weighted by atomic mass is 16.3. The van der Waals surface area contributed by atoms with Crippen molar-refractivity contribution in [1.29, 1.82) is 0 Å². The van der Waals surface area contributed by atoms with E-state index in [-0.39, 0.29) is 0 Å². The summed E-state index contributed by atoms with van der Waals surface area (Å²) in [6, 6.07) is 5.50. The lowest BCUT2D eigenvalue weighted by molar-refractivity contribution is 0.471. The van der Waals surface area contributed by atoms with Crippen molar-refractivity contribution in [2.75, 3.05) is 6.54 Å². The van der Waals surface area contributed by atoms with Gasteiger partial charge in [-0.15, -0.1) is 0 Å². The normalized spacial score (nSPS) is 10.9. The topological polar surface area (TPSA) is 46.2 Å². The van der Waals surface area contributed by atoms with Crippen LogP contribution in [0.2, 0.25) is 0 Å². The number of hydrogen-bond acceptors (Lipinski definition) is 2. The van der Waals surface area contributed by atoms with E-state index in [1.54, 1.807) is 6.07 Å². The molecule has 0 fully saturated rings. The van der Waals surface area contributed by atoms with Crippen LogP contribution in [0.1, 0.15) is 17.5 Å². The maximum atomic E-state index is 9.40. The van der Waals surface area contributed by atoms with Gasteiger partial charge in [0.1, 0.15) is 5.75 Å². The van der Waals surface area contributed by atoms with E-state index in [0.29, 0.717) is 12.3 Å². The summed E-state index contributed by atoms with van der Waals surface area (Å²) in [6.45, 7) is 2.56.